The van der Waals surface area contributed by atoms with Crippen LogP contribution >= 0.6 is 23.7 Å². The lowest BCUT2D eigenvalue weighted by atomic mass is 9.78. The zero-order chi connectivity index (χ0) is 14.7. The van der Waals surface area contributed by atoms with Gasteiger partial charge in [0.25, 0.3) is 0 Å². The van der Waals surface area contributed by atoms with Gasteiger partial charge in [-0.15, -0.1) is 12.4 Å². The molecule has 3 rings (SSSR count). The summed E-state index contributed by atoms with van der Waals surface area (Å²) in [5.74, 6) is 0.178. The fraction of sp³-hybridized carbons (Fsp3) is 0.667. The quantitative estimate of drug-likeness (QED) is 0.906. The molecule has 1 aromatic heterocycles. The summed E-state index contributed by atoms with van der Waals surface area (Å²) in [5.41, 5.74) is 6.67. The first-order chi connectivity index (χ1) is 10.2. The zero-order valence-electron chi connectivity index (χ0n) is 12.5. The molecule has 2 N–H and O–H groups in total. The first kappa shape index (κ1) is 17.7. The Kier molecular flexibility index (Phi) is 6.23. The van der Waals surface area contributed by atoms with Gasteiger partial charge in [-0.1, -0.05) is 0 Å². The molecule has 2 saturated heterocycles. The highest BCUT2D eigenvalue weighted by molar-refractivity contribution is 7.07. The van der Waals surface area contributed by atoms with Gasteiger partial charge in [0.1, 0.15) is 6.10 Å². The van der Waals surface area contributed by atoms with Crippen LogP contribution in [-0.4, -0.2) is 50.3 Å². The van der Waals surface area contributed by atoms with Gasteiger partial charge in [0.15, 0.2) is 0 Å². The molecule has 1 unspecified atom stereocenters. The third-order valence-corrected chi connectivity index (χ3v) is 5.26. The molecule has 2 aliphatic rings. The third kappa shape index (κ3) is 3.46. The average Bonchev–Trinajstić information content (AvgIpc) is 3.09. The summed E-state index contributed by atoms with van der Waals surface area (Å²) < 4.78 is 11.2. The van der Waals surface area contributed by atoms with E-state index < -0.39 is 5.41 Å². The first-order valence-electron chi connectivity index (χ1n) is 7.46. The Labute approximate surface area is 141 Å². The molecule has 0 saturated carbocycles. The molecule has 3 heterocycles. The van der Waals surface area contributed by atoms with Crippen LogP contribution in [0.2, 0.25) is 0 Å². The number of ether oxygens (including phenoxy) is 2. The highest BCUT2D eigenvalue weighted by Gasteiger charge is 2.42. The van der Waals surface area contributed by atoms with Crippen LogP contribution in [0.5, 0.6) is 0 Å². The monoisotopic (exact) mass is 346 g/mol. The molecule has 5 nitrogen and oxygen atoms in total. The van der Waals surface area contributed by atoms with Gasteiger partial charge in [-0.3, -0.25) is 4.79 Å². The number of nitrogens with zero attached hydrogens (tertiary/aromatic N) is 1. The van der Waals surface area contributed by atoms with Crippen molar-refractivity contribution >= 4 is 29.7 Å². The van der Waals surface area contributed by atoms with Crippen molar-refractivity contribution in [2.45, 2.75) is 18.9 Å². The van der Waals surface area contributed by atoms with Gasteiger partial charge in [-0.05, 0) is 35.2 Å². The minimum Gasteiger partial charge on any atom is -0.381 e. The van der Waals surface area contributed by atoms with E-state index in [1.54, 1.807) is 11.3 Å². The lowest BCUT2D eigenvalue weighted by Crippen LogP contribution is -2.54. The Morgan fingerprint density at radius 1 is 1.41 bits per heavy atom. The van der Waals surface area contributed by atoms with E-state index in [4.69, 9.17) is 15.2 Å². The highest BCUT2D eigenvalue weighted by Crippen LogP contribution is 2.34. The maximum absolute atomic E-state index is 13.0. The molecule has 0 bridgehead atoms. The fourth-order valence-corrected chi connectivity index (χ4v) is 3.80. The van der Waals surface area contributed by atoms with Crippen LogP contribution in [0.25, 0.3) is 0 Å². The van der Waals surface area contributed by atoms with Crippen molar-refractivity contribution in [2.24, 2.45) is 11.1 Å². The van der Waals surface area contributed by atoms with E-state index in [1.165, 1.54) is 0 Å². The Balaban J connectivity index is 0.00000176. The SMILES string of the molecule is Cl.NCC1(C(=O)N2CCOC(c3ccsc3)C2)CCOCC1. The molecular formula is C15H23ClN2O3S. The highest BCUT2D eigenvalue weighted by atomic mass is 35.5. The van der Waals surface area contributed by atoms with E-state index in [0.717, 1.165) is 18.4 Å². The van der Waals surface area contributed by atoms with Crippen molar-refractivity contribution < 1.29 is 14.3 Å². The largest absolute Gasteiger partial charge is 0.381 e. The number of amides is 1. The molecule has 1 atom stereocenters. The number of carbonyl (C=O) groups is 1. The molecule has 2 aliphatic heterocycles. The van der Waals surface area contributed by atoms with E-state index in [0.29, 0.717) is 39.5 Å². The van der Waals surface area contributed by atoms with Crippen LogP contribution in [-0.2, 0) is 14.3 Å². The van der Waals surface area contributed by atoms with Crippen LogP contribution in [0.4, 0.5) is 0 Å². The standard InChI is InChI=1S/C15H22N2O3S.ClH/c16-11-15(2-5-19-6-3-15)14(18)17-4-7-20-13(9-17)12-1-8-21-10-12;/h1,8,10,13H,2-7,9,11,16H2;1H. The van der Waals surface area contributed by atoms with Gasteiger partial charge in [0.05, 0.1) is 18.6 Å². The molecule has 1 aromatic rings. The Morgan fingerprint density at radius 3 is 2.82 bits per heavy atom. The lowest BCUT2D eigenvalue weighted by Gasteiger charge is -2.41. The molecule has 1 amide bonds. The minimum atomic E-state index is -0.436. The number of hydrogen-bond acceptors (Lipinski definition) is 5. The molecule has 7 heteroatoms. The van der Waals surface area contributed by atoms with Gasteiger partial charge >= 0.3 is 0 Å². The smallest absolute Gasteiger partial charge is 0.230 e. The number of hydrogen-bond donors (Lipinski definition) is 1. The summed E-state index contributed by atoms with van der Waals surface area (Å²) in [6.45, 7) is 3.52. The molecule has 0 aromatic carbocycles. The lowest BCUT2D eigenvalue weighted by molar-refractivity contribution is -0.154. The fourth-order valence-electron chi connectivity index (χ4n) is 3.10. The number of halogens is 1. The van der Waals surface area contributed by atoms with Crippen LogP contribution in [0.3, 0.4) is 0 Å². The van der Waals surface area contributed by atoms with E-state index in [2.05, 4.69) is 11.4 Å². The number of nitrogens with two attached hydrogens (primary N) is 1. The minimum absolute atomic E-state index is 0. The second kappa shape index (κ2) is 7.75. The second-order valence-corrected chi connectivity index (χ2v) is 6.54. The molecule has 2 fully saturated rings. The maximum atomic E-state index is 13.0. The van der Waals surface area contributed by atoms with Gasteiger partial charge < -0.3 is 20.1 Å². The van der Waals surface area contributed by atoms with E-state index in [9.17, 15) is 4.79 Å². The summed E-state index contributed by atoms with van der Waals surface area (Å²) in [6, 6.07) is 2.07. The number of morpholine rings is 1. The average molecular weight is 347 g/mol. The number of thiophene rings is 1. The molecule has 124 valence electrons. The molecule has 22 heavy (non-hydrogen) atoms. The Hall–Kier alpha value is -0.660. The van der Waals surface area contributed by atoms with Gasteiger partial charge in [-0.25, -0.2) is 0 Å². The third-order valence-electron chi connectivity index (χ3n) is 4.56. The topological polar surface area (TPSA) is 64.8 Å². The van der Waals surface area contributed by atoms with E-state index in [-0.39, 0.29) is 24.4 Å². The summed E-state index contributed by atoms with van der Waals surface area (Å²) in [6.07, 6.45) is 1.44. The van der Waals surface area contributed by atoms with Crippen LogP contribution < -0.4 is 5.73 Å². The van der Waals surface area contributed by atoms with Crippen molar-refractivity contribution in [3.63, 3.8) is 0 Å². The van der Waals surface area contributed by atoms with Crippen molar-refractivity contribution in [2.75, 3.05) is 39.5 Å². The summed E-state index contributed by atoms with van der Waals surface area (Å²) >= 11 is 1.65. The predicted octanol–water partition coefficient (Wildman–Crippen LogP) is 1.83. The normalized spacial score (nSPS) is 24.6. The predicted molar refractivity (Wildman–Crippen MR) is 88.4 cm³/mol. The van der Waals surface area contributed by atoms with E-state index >= 15 is 0 Å². The molecule has 0 aliphatic carbocycles. The van der Waals surface area contributed by atoms with Crippen molar-refractivity contribution in [1.29, 1.82) is 0 Å². The Bertz CT molecular complexity index is 477. The number of carbonyl (C=O) groups excluding carboxylic acids is 1. The molecule has 0 spiro atoms. The van der Waals surface area contributed by atoms with E-state index in [1.807, 2.05) is 10.3 Å². The molecular weight excluding hydrogens is 324 g/mol. The van der Waals surface area contributed by atoms with Crippen LogP contribution in [0.1, 0.15) is 24.5 Å². The van der Waals surface area contributed by atoms with Gasteiger partial charge in [-0.2, -0.15) is 11.3 Å². The maximum Gasteiger partial charge on any atom is 0.230 e. The van der Waals surface area contributed by atoms with Gasteiger partial charge in [0.2, 0.25) is 5.91 Å². The first-order valence-corrected chi connectivity index (χ1v) is 8.40. The second-order valence-electron chi connectivity index (χ2n) is 5.76. The van der Waals surface area contributed by atoms with Crippen molar-refractivity contribution in [3.8, 4) is 0 Å². The molecule has 0 radical (unpaired) electrons. The Morgan fingerprint density at radius 2 is 2.18 bits per heavy atom. The van der Waals surface area contributed by atoms with Crippen LogP contribution in [0, 0.1) is 5.41 Å². The zero-order valence-corrected chi connectivity index (χ0v) is 14.2. The van der Waals surface area contributed by atoms with Crippen molar-refractivity contribution in [3.05, 3.63) is 22.4 Å². The van der Waals surface area contributed by atoms with Crippen LogP contribution in [0.15, 0.2) is 16.8 Å². The summed E-state index contributed by atoms with van der Waals surface area (Å²) in [5, 5.41) is 4.13. The summed E-state index contributed by atoms with van der Waals surface area (Å²) in [7, 11) is 0. The number of rotatable bonds is 3. The van der Waals surface area contributed by atoms with Gasteiger partial charge in [0, 0.05) is 26.3 Å². The van der Waals surface area contributed by atoms with Crippen molar-refractivity contribution in [1.82, 2.24) is 4.90 Å². The summed E-state index contributed by atoms with van der Waals surface area (Å²) in [4.78, 5) is 14.9.